The lowest BCUT2D eigenvalue weighted by Crippen LogP contribution is -2.41. The summed E-state index contributed by atoms with van der Waals surface area (Å²) in [7, 11) is 0. The van der Waals surface area contributed by atoms with Crippen molar-refractivity contribution in [2.45, 2.75) is 57.5 Å². The third-order valence-corrected chi connectivity index (χ3v) is 9.12. The number of alkyl carbamates (subject to hydrolysis) is 2. The molecule has 2 unspecified atom stereocenters. The molecule has 11 nitrogen and oxygen atoms in total. The van der Waals surface area contributed by atoms with Crippen molar-refractivity contribution in [1.82, 2.24) is 10.6 Å². The molecule has 0 saturated carbocycles. The minimum atomic E-state index is -1.16. The van der Waals surface area contributed by atoms with Crippen LogP contribution in [-0.2, 0) is 28.7 Å². The molecule has 2 aliphatic rings. The standard InChI is InChI=1S/C21H21NO4.C20H19NO5/c1-13(23)11-20(14(2)24)22-21(25)26-12-19-17-9-5-3-7-15(17)16-8-4-6-10-18(16)19;1-12(22)18(10-19(23)24)21-20(25)26-11-17-15-8-4-2-6-13(15)14-7-3-5-9-16(14)17/h3-10,19-20H,11-12H2,1-2H3,(H,22,25);2-9,17-18H,10-11H2,1H3,(H,21,25)(H,23,24). The highest BCUT2D eigenvalue weighted by atomic mass is 16.6. The van der Waals surface area contributed by atoms with E-state index in [2.05, 4.69) is 22.8 Å². The Morgan fingerprint density at radius 2 is 0.846 bits per heavy atom. The maximum atomic E-state index is 12.1. The first-order chi connectivity index (χ1) is 24.9. The van der Waals surface area contributed by atoms with Crippen LogP contribution >= 0.6 is 0 Å². The zero-order valence-corrected chi connectivity index (χ0v) is 29.1. The molecular weight excluding hydrogens is 664 g/mol. The Morgan fingerprint density at radius 3 is 1.13 bits per heavy atom. The van der Waals surface area contributed by atoms with Crippen LogP contribution < -0.4 is 10.6 Å². The summed E-state index contributed by atoms with van der Waals surface area (Å²) in [5.74, 6) is -2.16. The van der Waals surface area contributed by atoms with Crippen LogP contribution in [0.2, 0.25) is 0 Å². The second-order valence-corrected chi connectivity index (χ2v) is 12.8. The smallest absolute Gasteiger partial charge is 0.407 e. The number of fused-ring (bicyclic) bond motifs is 6. The van der Waals surface area contributed by atoms with E-state index in [0.29, 0.717) is 0 Å². The quantitative estimate of drug-likeness (QED) is 0.151. The van der Waals surface area contributed by atoms with Crippen molar-refractivity contribution in [3.63, 3.8) is 0 Å². The van der Waals surface area contributed by atoms with Crippen LogP contribution in [0.3, 0.4) is 0 Å². The SMILES string of the molecule is CC(=O)C(CC(=O)O)NC(=O)OCC1c2ccccc2-c2ccccc21.CC(=O)CC(NC(=O)OCC1c2ccccc2-c2ccccc21)C(C)=O. The number of rotatable bonds is 12. The fourth-order valence-electron chi connectivity index (χ4n) is 6.62. The van der Waals surface area contributed by atoms with Gasteiger partial charge in [0.05, 0.1) is 12.5 Å². The summed E-state index contributed by atoms with van der Waals surface area (Å²) in [6.45, 7) is 4.24. The van der Waals surface area contributed by atoms with Gasteiger partial charge < -0.3 is 25.2 Å². The van der Waals surface area contributed by atoms with Crippen LogP contribution in [0.25, 0.3) is 22.3 Å². The summed E-state index contributed by atoms with van der Waals surface area (Å²) in [6, 6.07) is 30.1. The Hall–Kier alpha value is -6.10. The van der Waals surface area contributed by atoms with Gasteiger partial charge in [0.25, 0.3) is 0 Å². The molecule has 4 aromatic rings. The van der Waals surface area contributed by atoms with Gasteiger partial charge in [-0.1, -0.05) is 97.1 Å². The highest BCUT2D eigenvalue weighted by molar-refractivity contribution is 5.91. The van der Waals surface area contributed by atoms with Crippen molar-refractivity contribution in [2.24, 2.45) is 0 Å². The van der Waals surface area contributed by atoms with Crippen LogP contribution in [0.15, 0.2) is 97.1 Å². The molecule has 11 heteroatoms. The van der Waals surface area contributed by atoms with Gasteiger partial charge in [-0.15, -0.1) is 0 Å². The van der Waals surface area contributed by atoms with Crippen LogP contribution in [0.1, 0.15) is 67.7 Å². The van der Waals surface area contributed by atoms with Crippen molar-refractivity contribution >= 4 is 35.5 Å². The average Bonchev–Trinajstić information content (AvgIpc) is 3.61. The van der Waals surface area contributed by atoms with E-state index in [0.717, 1.165) is 44.5 Å². The molecule has 4 aromatic carbocycles. The van der Waals surface area contributed by atoms with Crippen LogP contribution in [0.5, 0.6) is 0 Å². The zero-order valence-electron chi connectivity index (χ0n) is 29.1. The molecule has 52 heavy (non-hydrogen) atoms. The topological polar surface area (TPSA) is 165 Å². The highest BCUT2D eigenvalue weighted by Gasteiger charge is 2.31. The van der Waals surface area contributed by atoms with Gasteiger partial charge in [0.2, 0.25) is 0 Å². The van der Waals surface area contributed by atoms with Gasteiger partial charge in [-0.3, -0.25) is 19.2 Å². The number of carbonyl (C=O) groups is 6. The number of Topliss-reactive ketones (excluding diaryl/α,β-unsaturated/α-hetero) is 3. The molecule has 0 radical (unpaired) electrons. The number of carboxylic acids is 1. The molecule has 0 aliphatic heterocycles. The van der Waals surface area contributed by atoms with Crippen molar-refractivity contribution in [3.8, 4) is 22.3 Å². The molecule has 0 bridgehead atoms. The summed E-state index contributed by atoms with van der Waals surface area (Å²) in [5, 5.41) is 13.6. The van der Waals surface area contributed by atoms with E-state index in [-0.39, 0.29) is 43.0 Å². The lowest BCUT2D eigenvalue weighted by Gasteiger charge is -2.17. The second kappa shape index (κ2) is 16.7. The van der Waals surface area contributed by atoms with E-state index >= 15 is 0 Å². The number of hydrogen-bond acceptors (Lipinski definition) is 8. The maximum Gasteiger partial charge on any atom is 0.407 e. The monoisotopic (exact) mass is 704 g/mol. The molecule has 0 saturated heterocycles. The van der Waals surface area contributed by atoms with Crippen molar-refractivity contribution in [1.29, 1.82) is 0 Å². The Kier molecular flexibility index (Phi) is 12.0. The summed E-state index contributed by atoms with van der Waals surface area (Å²) in [6.07, 6.45) is -1.99. The molecule has 3 N–H and O–H groups in total. The number of hydrogen-bond donors (Lipinski definition) is 3. The summed E-state index contributed by atoms with van der Waals surface area (Å²) >= 11 is 0. The Balaban J connectivity index is 0.000000201. The molecular formula is C41H40N2O9. The lowest BCUT2D eigenvalue weighted by molar-refractivity contribution is -0.139. The number of carboxylic acid groups (broad SMARTS) is 1. The van der Waals surface area contributed by atoms with Gasteiger partial charge in [-0.25, -0.2) is 9.59 Å². The fraction of sp³-hybridized carbons (Fsp3) is 0.268. The predicted molar refractivity (Wildman–Crippen MR) is 193 cm³/mol. The number of benzene rings is 4. The number of aliphatic carboxylic acids is 1. The average molecular weight is 705 g/mol. The molecule has 6 rings (SSSR count). The minimum absolute atomic E-state index is 0.0282. The maximum absolute atomic E-state index is 12.1. The lowest BCUT2D eigenvalue weighted by atomic mass is 9.98. The highest BCUT2D eigenvalue weighted by Crippen LogP contribution is 2.45. The summed E-state index contributed by atoms with van der Waals surface area (Å²) in [5.41, 5.74) is 8.92. The Labute approximate surface area is 301 Å². The van der Waals surface area contributed by atoms with Gasteiger partial charge >= 0.3 is 18.2 Å². The first kappa shape index (κ1) is 37.2. The Bertz CT molecular complexity index is 1770. The van der Waals surface area contributed by atoms with E-state index in [4.69, 9.17) is 14.6 Å². The minimum Gasteiger partial charge on any atom is -0.481 e. The predicted octanol–water partition coefficient (Wildman–Crippen LogP) is 6.42. The van der Waals surface area contributed by atoms with E-state index in [1.807, 2.05) is 84.9 Å². The fourth-order valence-corrected chi connectivity index (χ4v) is 6.62. The first-order valence-electron chi connectivity index (χ1n) is 16.9. The number of ketones is 3. The molecule has 0 spiro atoms. The first-order valence-corrected chi connectivity index (χ1v) is 16.9. The third kappa shape index (κ3) is 8.79. The number of amides is 2. The zero-order chi connectivity index (χ0) is 37.4. The molecule has 2 amide bonds. The van der Waals surface area contributed by atoms with Crippen LogP contribution in [0, 0.1) is 0 Å². The second-order valence-electron chi connectivity index (χ2n) is 12.8. The van der Waals surface area contributed by atoms with Crippen molar-refractivity contribution in [3.05, 3.63) is 119 Å². The van der Waals surface area contributed by atoms with Crippen LogP contribution in [0.4, 0.5) is 9.59 Å². The molecule has 2 atom stereocenters. The number of carbonyl (C=O) groups excluding carboxylic acids is 5. The van der Waals surface area contributed by atoms with Crippen LogP contribution in [-0.4, -0.2) is 65.9 Å². The summed E-state index contributed by atoms with van der Waals surface area (Å²) in [4.78, 5) is 69.2. The largest absolute Gasteiger partial charge is 0.481 e. The van der Waals surface area contributed by atoms with Gasteiger partial charge in [-0.05, 0) is 65.3 Å². The summed E-state index contributed by atoms with van der Waals surface area (Å²) < 4.78 is 10.7. The van der Waals surface area contributed by atoms with Gasteiger partial charge in [0, 0.05) is 18.3 Å². The van der Waals surface area contributed by atoms with Gasteiger partial charge in [0.1, 0.15) is 25.0 Å². The van der Waals surface area contributed by atoms with E-state index in [1.165, 1.54) is 20.8 Å². The van der Waals surface area contributed by atoms with Crippen molar-refractivity contribution < 1.29 is 43.3 Å². The molecule has 268 valence electrons. The van der Waals surface area contributed by atoms with E-state index in [9.17, 15) is 28.8 Å². The van der Waals surface area contributed by atoms with Gasteiger partial charge in [-0.2, -0.15) is 0 Å². The molecule has 0 heterocycles. The van der Waals surface area contributed by atoms with Crippen molar-refractivity contribution in [2.75, 3.05) is 13.2 Å². The number of ether oxygens (including phenoxy) is 2. The van der Waals surface area contributed by atoms with Gasteiger partial charge in [0.15, 0.2) is 11.6 Å². The van der Waals surface area contributed by atoms with E-state index < -0.39 is 42.4 Å². The molecule has 2 aliphatic carbocycles. The Morgan fingerprint density at radius 1 is 0.538 bits per heavy atom. The number of nitrogens with one attached hydrogen (secondary N) is 2. The third-order valence-electron chi connectivity index (χ3n) is 9.12. The molecule has 0 fully saturated rings. The van der Waals surface area contributed by atoms with E-state index in [1.54, 1.807) is 0 Å². The normalized spacial score (nSPS) is 13.4. The molecule has 0 aromatic heterocycles.